The highest BCUT2D eigenvalue weighted by Crippen LogP contribution is 2.26. The van der Waals surface area contributed by atoms with Gasteiger partial charge in [0.15, 0.2) is 0 Å². The van der Waals surface area contributed by atoms with Crippen molar-refractivity contribution < 1.29 is 19.1 Å². The second-order valence-electron chi connectivity index (χ2n) is 8.06. The number of carbonyl (C=O) groups excluding carboxylic acids is 3. The lowest BCUT2D eigenvalue weighted by Crippen LogP contribution is -2.26. The highest BCUT2D eigenvalue weighted by Gasteiger charge is 2.24. The maximum Gasteiger partial charge on any atom is 0.306 e. The second kappa shape index (κ2) is 12.2. The molecule has 2 aromatic rings. The van der Waals surface area contributed by atoms with Gasteiger partial charge in [0.05, 0.1) is 0 Å². The molecule has 1 aliphatic heterocycles. The van der Waals surface area contributed by atoms with Crippen molar-refractivity contribution in [2.75, 3.05) is 0 Å². The average Bonchev–Trinajstić information content (AvgIpc) is 2.77. The van der Waals surface area contributed by atoms with Gasteiger partial charge >= 0.3 is 5.97 Å². The molecule has 1 aliphatic rings. The molecule has 1 unspecified atom stereocenters. The zero-order valence-corrected chi connectivity index (χ0v) is 18.7. The smallest absolute Gasteiger partial charge is 0.306 e. The van der Waals surface area contributed by atoms with E-state index in [1.165, 1.54) is 0 Å². The fourth-order valence-corrected chi connectivity index (χ4v) is 3.83. The number of ether oxygens (including phenoxy) is 1. The number of benzene rings is 2. The first-order chi connectivity index (χ1) is 15.5. The van der Waals surface area contributed by atoms with E-state index in [0.29, 0.717) is 24.4 Å². The molecule has 2 aromatic carbocycles. The number of allylic oxidation sites excluding steroid dienone is 2. The van der Waals surface area contributed by atoms with Crippen LogP contribution in [0.5, 0.6) is 0 Å². The predicted molar refractivity (Wildman–Crippen MR) is 124 cm³/mol. The van der Waals surface area contributed by atoms with Gasteiger partial charge in [-0.05, 0) is 42.0 Å². The summed E-state index contributed by atoms with van der Waals surface area (Å²) >= 11 is 5.90. The van der Waals surface area contributed by atoms with E-state index in [0.717, 1.165) is 11.1 Å². The van der Waals surface area contributed by atoms with Gasteiger partial charge in [-0.1, -0.05) is 66.2 Å². The molecule has 1 heterocycles. The van der Waals surface area contributed by atoms with Crippen LogP contribution in [-0.4, -0.2) is 17.7 Å². The summed E-state index contributed by atoms with van der Waals surface area (Å²) in [7, 11) is 0. The highest BCUT2D eigenvalue weighted by molar-refractivity contribution is 6.30. The third-order valence-corrected chi connectivity index (χ3v) is 5.65. The molecular formula is C26H28ClNO4. The van der Waals surface area contributed by atoms with Crippen molar-refractivity contribution in [3.63, 3.8) is 0 Å². The van der Waals surface area contributed by atoms with E-state index in [9.17, 15) is 14.4 Å². The van der Waals surface area contributed by atoms with Crippen LogP contribution in [0.15, 0.2) is 66.7 Å². The summed E-state index contributed by atoms with van der Waals surface area (Å²) in [5.41, 5.74) is 1.77. The minimum Gasteiger partial charge on any atom is -0.457 e. The van der Waals surface area contributed by atoms with Gasteiger partial charge in [0.2, 0.25) is 5.91 Å². The summed E-state index contributed by atoms with van der Waals surface area (Å²) in [4.78, 5) is 37.5. The van der Waals surface area contributed by atoms with Gasteiger partial charge in [0.25, 0.3) is 0 Å². The van der Waals surface area contributed by atoms with Crippen LogP contribution in [0.2, 0.25) is 5.02 Å². The Bertz CT molecular complexity index is 940. The molecule has 168 valence electrons. The molecule has 32 heavy (non-hydrogen) atoms. The lowest BCUT2D eigenvalue weighted by atomic mass is 9.91. The molecule has 0 fully saturated rings. The van der Waals surface area contributed by atoms with Crippen LogP contribution in [0.25, 0.3) is 0 Å². The van der Waals surface area contributed by atoms with Crippen LogP contribution < -0.4 is 5.32 Å². The van der Waals surface area contributed by atoms with Gasteiger partial charge in [-0.15, -0.1) is 0 Å². The number of nitrogens with one attached hydrogen (secondary N) is 1. The van der Waals surface area contributed by atoms with Crippen molar-refractivity contribution in [2.45, 2.75) is 51.2 Å². The topological polar surface area (TPSA) is 72.5 Å². The Kier molecular flexibility index (Phi) is 9.05. The average molecular weight is 454 g/mol. The number of hydrogen-bond donors (Lipinski definition) is 1. The van der Waals surface area contributed by atoms with Crippen molar-refractivity contribution in [2.24, 2.45) is 5.92 Å². The Morgan fingerprint density at radius 1 is 1.00 bits per heavy atom. The zero-order valence-electron chi connectivity index (χ0n) is 18.0. The number of esters is 1. The van der Waals surface area contributed by atoms with Gasteiger partial charge in [-0.2, -0.15) is 0 Å². The normalized spacial score (nSPS) is 21.0. The van der Waals surface area contributed by atoms with Crippen LogP contribution in [-0.2, 0) is 25.7 Å². The van der Waals surface area contributed by atoms with Crippen LogP contribution in [0.4, 0.5) is 0 Å². The Balaban J connectivity index is 1.62. The number of amides is 1. The largest absolute Gasteiger partial charge is 0.457 e. The van der Waals surface area contributed by atoms with Gasteiger partial charge in [0, 0.05) is 37.3 Å². The summed E-state index contributed by atoms with van der Waals surface area (Å²) in [6.45, 7) is 0.415. The Morgan fingerprint density at radius 3 is 2.50 bits per heavy atom. The summed E-state index contributed by atoms with van der Waals surface area (Å²) in [6.07, 6.45) is 5.37. The van der Waals surface area contributed by atoms with Gasteiger partial charge < -0.3 is 10.1 Å². The number of cyclic esters (lactones) is 1. The summed E-state index contributed by atoms with van der Waals surface area (Å²) < 4.78 is 5.61. The van der Waals surface area contributed by atoms with Crippen LogP contribution >= 0.6 is 11.6 Å². The minimum atomic E-state index is -0.598. The van der Waals surface area contributed by atoms with Crippen molar-refractivity contribution in [3.05, 3.63) is 82.9 Å². The molecule has 0 saturated heterocycles. The quantitative estimate of drug-likeness (QED) is 0.490. The first-order valence-corrected chi connectivity index (χ1v) is 11.3. The first kappa shape index (κ1) is 23.7. The van der Waals surface area contributed by atoms with Crippen LogP contribution in [0.3, 0.4) is 0 Å². The van der Waals surface area contributed by atoms with E-state index in [1.54, 1.807) is 12.1 Å². The van der Waals surface area contributed by atoms with E-state index in [2.05, 4.69) is 5.32 Å². The maximum atomic E-state index is 12.8. The molecule has 0 radical (unpaired) electrons. The van der Waals surface area contributed by atoms with Crippen LogP contribution in [0.1, 0.15) is 55.8 Å². The number of ketones is 1. The third-order valence-electron chi connectivity index (χ3n) is 5.40. The van der Waals surface area contributed by atoms with Gasteiger partial charge in [0.1, 0.15) is 11.9 Å². The molecule has 0 saturated carbocycles. The number of rotatable bonds is 5. The van der Waals surface area contributed by atoms with E-state index in [4.69, 9.17) is 16.3 Å². The Morgan fingerprint density at radius 2 is 1.75 bits per heavy atom. The Hall–Kier alpha value is -2.92. The van der Waals surface area contributed by atoms with E-state index >= 15 is 0 Å². The van der Waals surface area contributed by atoms with Gasteiger partial charge in [-0.3, -0.25) is 14.4 Å². The molecule has 3 rings (SSSR count). The standard InChI is InChI=1S/C26H28ClNO4/c27-22-13-11-19(12-14-22)18-28-25(30)16-20-7-3-1-6-10-26(31)32-24(17-23(29)15-20)21-8-4-2-5-9-21/h1-5,8-9,11-14,20,24H,6-7,10,15-18H2,(H,28,30)/b3-1+/t20-,24?/m1/s1. The summed E-state index contributed by atoms with van der Waals surface area (Å²) in [5.74, 6) is -0.522. The molecule has 5 nitrogen and oxygen atoms in total. The highest BCUT2D eigenvalue weighted by atomic mass is 35.5. The lowest BCUT2D eigenvalue weighted by Gasteiger charge is -2.20. The third kappa shape index (κ3) is 7.97. The molecule has 0 spiro atoms. The Labute approximate surface area is 193 Å². The lowest BCUT2D eigenvalue weighted by molar-refractivity contribution is -0.150. The summed E-state index contributed by atoms with van der Waals surface area (Å²) in [5, 5.41) is 3.57. The molecule has 0 aromatic heterocycles. The number of carbonyl (C=O) groups is 3. The first-order valence-electron chi connectivity index (χ1n) is 10.9. The fourth-order valence-electron chi connectivity index (χ4n) is 3.71. The van der Waals surface area contributed by atoms with E-state index < -0.39 is 6.10 Å². The number of Topliss-reactive ketones (excluding diaryl/α,β-unsaturated/α-hetero) is 1. The van der Waals surface area contributed by atoms with Crippen molar-refractivity contribution in [1.82, 2.24) is 5.32 Å². The van der Waals surface area contributed by atoms with E-state index in [-0.39, 0.29) is 49.3 Å². The molecule has 1 N–H and O–H groups in total. The molecule has 0 bridgehead atoms. The molecule has 0 aliphatic carbocycles. The van der Waals surface area contributed by atoms with Crippen molar-refractivity contribution in [1.29, 1.82) is 0 Å². The molecule has 6 heteroatoms. The molecule has 1 amide bonds. The molecular weight excluding hydrogens is 426 g/mol. The maximum absolute atomic E-state index is 12.8. The molecule has 2 atom stereocenters. The second-order valence-corrected chi connectivity index (χ2v) is 8.49. The summed E-state index contributed by atoms with van der Waals surface area (Å²) in [6, 6.07) is 16.6. The SMILES string of the molecule is O=C1CC(c2ccccc2)OC(=O)CC/C=C/C[C@@H](CC(=O)NCc2ccc(Cl)cc2)C1. The zero-order chi connectivity index (χ0) is 22.8. The number of halogens is 1. The predicted octanol–water partition coefficient (Wildman–Crippen LogP) is 5.34. The van der Waals surface area contributed by atoms with Gasteiger partial charge in [-0.25, -0.2) is 0 Å². The number of hydrogen-bond acceptors (Lipinski definition) is 4. The van der Waals surface area contributed by atoms with E-state index in [1.807, 2.05) is 54.6 Å². The van der Waals surface area contributed by atoms with Crippen molar-refractivity contribution in [3.8, 4) is 0 Å². The fraction of sp³-hybridized carbons (Fsp3) is 0.346. The van der Waals surface area contributed by atoms with Crippen LogP contribution in [0, 0.1) is 5.92 Å². The minimum absolute atomic E-state index is 0.0175. The van der Waals surface area contributed by atoms with Crippen molar-refractivity contribution >= 4 is 29.3 Å². The monoisotopic (exact) mass is 453 g/mol.